The Morgan fingerprint density at radius 2 is 1.00 bits per heavy atom. The van der Waals surface area contributed by atoms with Gasteiger partial charge in [-0.15, -0.1) is 0 Å². The van der Waals surface area contributed by atoms with Crippen LogP contribution >= 0.6 is 0 Å². The van der Waals surface area contributed by atoms with Crippen LogP contribution in [0.2, 0.25) is 0 Å². The summed E-state index contributed by atoms with van der Waals surface area (Å²) in [5, 5.41) is 0. The molecule has 0 aliphatic rings. The standard InChI is InChI=1S/C26H25N/c1-26(2,3)27-24(21-15-9-5-10-16-21)19-23(20-13-7-4-8-14-20)25(27)22-17-11-6-12-18-22/h4-19H,1-3H3. The number of benzene rings is 3. The molecule has 0 aliphatic carbocycles. The van der Waals surface area contributed by atoms with Crippen molar-refractivity contribution in [2.75, 3.05) is 0 Å². The number of nitrogens with zero attached hydrogens (tertiary/aromatic N) is 1. The SMILES string of the molecule is CC(C)(C)n1c(-c2ccccc2)cc(-c2ccccc2)c1-c1ccccc1. The highest BCUT2D eigenvalue weighted by molar-refractivity contribution is 5.87. The van der Waals surface area contributed by atoms with Gasteiger partial charge in [0.1, 0.15) is 0 Å². The molecule has 0 saturated heterocycles. The van der Waals surface area contributed by atoms with Crippen LogP contribution in [0.3, 0.4) is 0 Å². The van der Waals surface area contributed by atoms with Gasteiger partial charge < -0.3 is 4.57 Å². The van der Waals surface area contributed by atoms with E-state index in [9.17, 15) is 0 Å². The molecule has 0 saturated carbocycles. The summed E-state index contributed by atoms with van der Waals surface area (Å²) < 4.78 is 2.49. The number of aromatic nitrogens is 1. The average molecular weight is 351 g/mol. The zero-order valence-electron chi connectivity index (χ0n) is 16.2. The molecule has 4 aromatic rings. The largest absolute Gasteiger partial charge is 0.335 e. The number of hydrogen-bond donors (Lipinski definition) is 0. The average Bonchev–Trinajstić information content (AvgIpc) is 3.11. The van der Waals surface area contributed by atoms with Crippen LogP contribution in [0, 0.1) is 0 Å². The molecule has 0 bridgehead atoms. The van der Waals surface area contributed by atoms with Crippen LogP contribution in [0.25, 0.3) is 33.6 Å². The lowest BCUT2D eigenvalue weighted by atomic mass is 10.00. The van der Waals surface area contributed by atoms with Crippen molar-refractivity contribution in [3.63, 3.8) is 0 Å². The molecule has 0 aliphatic heterocycles. The van der Waals surface area contributed by atoms with Gasteiger partial charge in [-0.2, -0.15) is 0 Å². The minimum absolute atomic E-state index is 0.0522. The van der Waals surface area contributed by atoms with Crippen molar-refractivity contribution in [2.45, 2.75) is 26.3 Å². The van der Waals surface area contributed by atoms with E-state index < -0.39 is 0 Å². The quantitative estimate of drug-likeness (QED) is 0.366. The molecule has 3 aromatic carbocycles. The number of rotatable bonds is 3. The van der Waals surface area contributed by atoms with Crippen molar-refractivity contribution in [2.24, 2.45) is 0 Å². The Labute approximate surface area is 161 Å². The summed E-state index contributed by atoms with van der Waals surface area (Å²) in [6.07, 6.45) is 0. The molecule has 0 N–H and O–H groups in total. The number of hydrogen-bond acceptors (Lipinski definition) is 0. The first-order valence-corrected chi connectivity index (χ1v) is 9.48. The molecule has 0 unspecified atom stereocenters. The van der Waals surface area contributed by atoms with E-state index in [1.807, 2.05) is 0 Å². The van der Waals surface area contributed by atoms with Gasteiger partial charge in [0.15, 0.2) is 0 Å². The highest BCUT2D eigenvalue weighted by atomic mass is 15.1. The predicted molar refractivity (Wildman–Crippen MR) is 116 cm³/mol. The van der Waals surface area contributed by atoms with Crippen LogP contribution < -0.4 is 0 Å². The van der Waals surface area contributed by atoms with Gasteiger partial charge in [-0.25, -0.2) is 0 Å². The van der Waals surface area contributed by atoms with Gasteiger partial charge in [-0.3, -0.25) is 0 Å². The second-order valence-corrected chi connectivity index (χ2v) is 7.90. The normalized spacial score (nSPS) is 11.5. The Bertz CT molecular complexity index is 1020. The van der Waals surface area contributed by atoms with Crippen LogP contribution in [-0.4, -0.2) is 4.57 Å². The van der Waals surface area contributed by atoms with E-state index in [0.29, 0.717) is 0 Å². The van der Waals surface area contributed by atoms with E-state index in [-0.39, 0.29) is 5.54 Å². The first kappa shape index (κ1) is 17.4. The maximum atomic E-state index is 2.49. The summed E-state index contributed by atoms with van der Waals surface area (Å²) in [7, 11) is 0. The first-order chi connectivity index (χ1) is 13.1. The van der Waals surface area contributed by atoms with Crippen LogP contribution in [0.5, 0.6) is 0 Å². The second-order valence-electron chi connectivity index (χ2n) is 7.90. The summed E-state index contributed by atoms with van der Waals surface area (Å²) in [6.45, 7) is 6.84. The predicted octanol–water partition coefficient (Wildman–Crippen LogP) is 7.24. The first-order valence-electron chi connectivity index (χ1n) is 9.48. The minimum atomic E-state index is -0.0522. The lowest BCUT2D eigenvalue weighted by Crippen LogP contribution is -2.23. The fourth-order valence-electron chi connectivity index (χ4n) is 3.75. The van der Waals surface area contributed by atoms with E-state index in [0.717, 1.165) is 0 Å². The maximum absolute atomic E-state index is 2.49. The van der Waals surface area contributed by atoms with Gasteiger partial charge in [0.05, 0.1) is 5.69 Å². The Hall–Kier alpha value is -3.06. The van der Waals surface area contributed by atoms with Crippen molar-refractivity contribution in [3.8, 4) is 33.6 Å². The van der Waals surface area contributed by atoms with Crippen LogP contribution in [-0.2, 0) is 5.54 Å². The molecule has 1 heteroatoms. The molecule has 0 fully saturated rings. The molecule has 4 rings (SSSR count). The van der Waals surface area contributed by atoms with Crippen LogP contribution in [0.4, 0.5) is 0 Å². The molecule has 0 atom stereocenters. The van der Waals surface area contributed by atoms with Gasteiger partial charge in [-0.1, -0.05) is 91.0 Å². The smallest absolute Gasteiger partial charge is 0.0569 e. The highest BCUT2D eigenvalue weighted by Gasteiger charge is 2.26. The van der Waals surface area contributed by atoms with Crippen molar-refractivity contribution in [1.29, 1.82) is 0 Å². The third kappa shape index (κ3) is 3.33. The summed E-state index contributed by atoms with van der Waals surface area (Å²) >= 11 is 0. The van der Waals surface area contributed by atoms with Crippen LogP contribution in [0.1, 0.15) is 20.8 Å². The minimum Gasteiger partial charge on any atom is -0.335 e. The highest BCUT2D eigenvalue weighted by Crippen LogP contribution is 2.42. The molecular weight excluding hydrogens is 326 g/mol. The fourth-order valence-corrected chi connectivity index (χ4v) is 3.75. The van der Waals surface area contributed by atoms with E-state index in [1.165, 1.54) is 33.6 Å². The summed E-state index contributed by atoms with van der Waals surface area (Å²) in [5.74, 6) is 0. The lowest BCUT2D eigenvalue weighted by molar-refractivity contribution is 0.407. The summed E-state index contributed by atoms with van der Waals surface area (Å²) in [6, 6.07) is 34.5. The van der Waals surface area contributed by atoms with Crippen molar-refractivity contribution in [1.82, 2.24) is 4.57 Å². The Morgan fingerprint density at radius 1 is 0.556 bits per heavy atom. The van der Waals surface area contributed by atoms with Crippen LogP contribution in [0.15, 0.2) is 97.1 Å². The molecule has 0 amide bonds. The third-order valence-electron chi connectivity index (χ3n) is 4.87. The zero-order chi connectivity index (χ0) is 18.9. The molecule has 134 valence electrons. The van der Waals surface area contributed by atoms with Gasteiger partial charge in [-0.05, 0) is 43.5 Å². The van der Waals surface area contributed by atoms with E-state index in [2.05, 4.69) is 122 Å². The Balaban J connectivity index is 2.09. The topological polar surface area (TPSA) is 4.93 Å². The molecule has 1 nitrogen and oxygen atoms in total. The molecule has 1 heterocycles. The van der Waals surface area contributed by atoms with Crippen molar-refractivity contribution < 1.29 is 0 Å². The monoisotopic (exact) mass is 351 g/mol. The second kappa shape index (κ2) is 6.92. The molecule has 0 spiro atoms. The lowest BCUT2D eigenvalue weighted by Gasteiger charge is -2.28. The molecule has 27 heavy (non-hydrogen) atoms. The van der Waals surface area contributed by atoms with Gasteiger partial charge in [0, 0.05) is 16.8 Å². The van der Waals surface area contributed by atoms with Gasteiger partial charge in [0.2, 0.25) is 0 Å². The Kier molecular flexibility index (Phi) is 4.45. The van der Waals surface area contributed by atoms with Crippen molar-refractivity contribution in [3.05, 3.63) is 97.1 Å². The van der Waals surface area contributed by atoms with Crippen molar-refractivity contribution >= 4 is 0 Å². The third-order valence-corrected chi connectivity index (χ3v) is 4.87. The summed E-state index contributed by atoms with van der Waals surface area (Å²) in [5.41, 5.74) is 7.48. The van der Waals surface area contributed by atoms with E-state index >= 15 is 0 Å². The van der Waals surface area contributed by atoms with Gasteiger partial charge in [0.25, 0.3) is 0 Å². The summed E-state index contributed by atoms with van der Waals surface area (Å²) in [4.78, 5) is 0. The molecular formula is C26H25N. The maximum Gasteiger partial charge on any atom is 0.0569 e. The zero-order valence-corrected chi connectivity index (χ0v) is 16.2. The Morgan fingerprint density at radius 3 is 1.48 bits per heavy atom. The fraction of sp³-hybridized carbons (Fsp3) is 0.154. The van der Waals surface area contributed by atoms with Gasteiger partial charge >= 0.3 is 0 Å². The molecule has 0 radical (unpaired) electrons. The van der Waals surface area contributed by atoms with E-state index in [4.69, 9.17) is 0 Å². The van der Waals surface area contributed by atoms with E-state index in [1.54, 1.807) is 0 Å². The molecule has 1 aromatic heterocycles.